The highest BCUT2D eigenvalue weighted by Crippen LogP contribution is 2.29. The smallest absolute Gasteiger partial charge is 0.122 e. The van der Waals surface area contributed by atoms with Crippen molar-refractivity contribution < 1.29 is 14.6 Å². The fourth-order valence-electron chi connectivity index (χ4n) is 3.97. The monoisotopic (exact) mass is 428 g/mol. The van der Waals surface area contributed by atoms with E-state index in [1.165, 1.54) is 0 Å². The number of nitrogens with zero attached hydrogens (tertiary/aromatic N) is 2. The Balaban J connectivity index is 0.00000256. The van der Waals surface area contributed by atoms with Crippen molar-refractivity contribution in [2.45, 2.75) is 37.8 Å². The van der Waals surface area contributed by atoms with Gasteiger partial charge in [-0.1, -0.05) is 36.4 Å². The largest absolute Gasteiger partial charge is 0.491 e. The van der Waals surface area contributed by atoms with Gasteiger partial charge in [0.05, 0.1) is 17.6 Å². The zero-order valence-electron chi connectivity index (χ0n) is 17.1. The van der Waals surface area contributed by atoms with E-state index in [-0.39, 0.29) is 19.0 Å². The van der Waals surface area contributed by atoms with Crippen molar-refractivity contribution in [1.29, 1.82) is 0 Å². The van der Waals surface area contributed by atoms with Gasteiger partial charge < -0.3 is 19.1 Å². The molecule has 0 aliphatic carbocycles. The maximum Gasteiger partial charge on any atom is 0.122 e. The fraction of sp³-hybridized carbons (Fsp3) is 0.375. The maximum absolute atomic E-state index is 10.8. The standard InChI is InChI=1S/C24H28N2O3.ClH/c1-2-7-18-8-3-6-11-23(18)29-17-20(27)16-26-22-10-5-4-9-21(22)25-24(26)19-12-14-28-15-13-19;/h2-6,8-11,19-20,27H,1,7,12-17H2;1H. The number of benzene rings is 2. The molecular formula is C24H29ClN2O3. The number of rotatable bonds is 8. The minimum absolute atomic E-state index is 0. The molecule has 0 saturated carbocycles. The predicted octanol–water partition coefficient (Wildman–Crippen LogP) is 4.52. The van der Waals surface area contributed by atoms with Crippen LogP contribution in [0.15, 0.2) is 61.2 Å². The van der Waals surface area contributed by atoms with Crippen molar-refractivity contribution in [3.05, 3.63) is 72.6 Å². The second-order valence-electron chi connectivity index (χ2n) is 7.52. The quantitative estimate of drug-likeness (QED) is 0.536. The van der Waals surface area contributed by atoms with Gasteiger partial charge in [-0.3, -0.25) is 0 Å². The highest BCUT2D eigenvalue weighted by Gasteiger charge is 2.24. The van der Waals surface area contributed by atoms with Gasteiger partial charge in [0.2, 0.25) is 0 Å². The van der Waals surface area contributed by atoms with Crippen molar-refractivity contribution in [1.82, 2.24) is 9.55 Å². The van der Waals surface area contributed by atoms with E-state index in [0.29, 0.717) is 12.5 Å². The van der Waals surface area contributed by atoms with Crippen LogP contribution in [0, 0.1) is 0 Å². The SMILES string of the molecule is C=CCc1ccccc1OCC(O)Cn1c(C2CCOCC2)nc2ccccc21.Cl. The number of fused-ring (bicyclic) bond motifs is 1. The van der Waals surface area contributed by atoms with Gasteiger partial charge in [0.1, 0.15) is 24.3 Å². The van der Waals surface area contributed by atoms with Crippen molar-refractivity contribution in [2.75, 3.05) is 19.8 Å². The third-order valence-electron chi connectivity index (χ3n) is 5.43. The lowest BCUT2D eigenvalue weighted by atomic mass is 9.99. The molecule has 1 aliphatic heterocycles. The molecule has 30 heavy (non-hydrogen) atoms. The average Bonchev–Trinajstić information content (AvgIpc) is 3.12. The Morgan fingerprint density at radius 2 is 1.90 bits per heavy atom. The van der Waals surface area contributed by atoms with Crippen LogP contribution >= 0.6 is 12.4 Å². The molecule has 6 heteroatoms. The van der Waals surface area contributed by atoms with Gasteiger partial charge in [-0.2, -0.15) is 0 Å². The molecule has 160 valence electrons. The predicted molar refractivity (Wildman–Crippen MR) is 122 cm³/mol. The van der Waals surface area contributed by atoms with E-state index < -0.39 is 6.10 Å². The second kappa shape index (κ2) is 10.6. The number of para-hydroxylation sites is 3. The van der Waals surface area contributed by atoms with Crippen molar-refractivity contribution in [3.8, 4) is 5.75 Å². The number of aliphatic hydroxyl groups excluding tert-OH is 1. The first-order chi connectivity index (χ1) is 14.3. The molecule has 1 fully saturated rings. The minimum Gasteiger partial charge on any atom is -0.491 e. The van der Waals surface area contributed by atoms with Crippen LogP contribution < -0.4 is 4.74 Å². The summed E-state index contributed by atoms with van der Waals surface area (Å²) in [6.45, 7) is 6.01. The van der Waals surface area contributed by atoms with Crippen molar-refractivity contribution in [3.63, 3.8) is 0 Å². The fourth-order valence-corrected chi connectivity index (χ4v) is 3.97. The van der Waals surface area contributed by atoms with Crippen LogP contribution in [0.3, 0.4) is 0 Å². The Hall–Kier alpha value is -2.34. The molecule has 0 spiro atoms. The summed E-state index contributed by atoms with van der Waals surface area (Å²) < 4.78 is 13.6. The number of imidazole rings is 1. The van der Waals surface area contributed by atoms with Gasteiger partial charge >= 0.3 is 0 Å². The molecule has 1 saturated heterocycles. The van der Waals surface area contributed by atoms with E-state index in [2.05, 4.69) is 17.2 Å². The number of aromatic nitrogens is 2. The van der Waals surface area contributed by atoms with Gasteiger partial charge in [0.25, 0.3) is 0 Å². The average molecular weight is 429 g/mol. The Bertz CT molecular complexity index is 966. The summed E-state index contributed by atoms with van der Waals surface area (Å²) in [5.41, 5.74) is 3.10. The Kier molecular flexibility index (Phi) is 7.91. The molecular weight excluding hydrogens is 400 g/mol. The van der Waals surface area contributed by atoms with E-state index >= 15 is 0 Å². The first-order valence-corrected chi connectivity index (χ1v) is 10.3. The van der Waals surface area contributed by atoms with Gasteiger partial charge in [0, 0.05) is 19.1 Å². The maximum atomic E-state index is 10.8. The van der Waals surface area contributed by atoms with Crippen molar-refractivity contribution >= 4 is 23.4 Å². The summed E-state index contributed by atoms with van der Waals surface area (Å²) in [7, 11) is 0. The zero-order chi connectivity index (χ0) is 20.1. The van der Waals surface area contributed by atoms with Gasteiger partial charge in [-0.15, -0.1) is 19.0 Å². The lowest BCUT2D eigenvalue weighted by Crippen LogP contribution is -2.26. The first-order valence-electron chi connectivity index (χ1n) is 10.3. The Morgan fingerprint density at radius 1 is 1.17 bits per heavy atom. The molecule has 0 bridgehead atoms. The third kappa shape index (κ3) is 5.04. The van der Waals surface area contributed by atoms with Gasteiger partial charge in [-0.25, -0.2) is 4.98 Å². The third-order valence-corrected chi connectivity index (χ3v) is 5.43. The van der Waals surface area contributed by atoms with E-state index in [4.69, 9.17) is 14.5 Å². The van der Waals surface area contributed by atoms with E-state index in [0.717, 1.165) is 60.6 Å². The summed E-state index contributed by atoms with van der Waals surface area (Å²) in [5, 5.41) is 10.8. The summed E-state index contributed by atoms with van der Waals surface area (Å²) in [6.07, 6.45) is 3.89. The number of hydrogen-bond acceptors (Lipinski definition) is 4. The molecule has 2 aromatic carbocycles. The Labute approximate surface area is 183 Å². The summed E-state index contributed by atoms with van der Waals surface area (Å²) >= 11 is 0. The van der Waals surface area contributed by atoms with Crippen LogP contribution in [0.2, 0.25) is 0 Å². The van der Waals surface area contributed by atoms with Crippen LogP contribution in [0.4, 0.5) is 0 Å². The van der Waals surface area contributed by atoms with E-state index in [9.17, 15) is 5.11 Å². The van der Waals surface area contributed by atoms with Gasteiger partial charge in [0.15, 0.2) is 0 Å². The topological polar surface area (TPSA) is 56.5 Å². The molecule has 3 aromatic rings. The molecule has 5 nitrogen and oxygen atoms in total. The molecule has 1 aliphatic rings. The summed E-state index contributed by atoms with van der Waals surface area (Å²) in [5.74, 6) is 2.20. The van der Waals surface area contributed by atoms with E-state index in [1.807, 2.05) is 48.5 Å². The summed E-state index contributed by atoms with van der Waals surface area (Å²) in [4.78, 5) is 4.89. The number of aliphatic hydroxyl groups is 1. The molecule has 1 atom stereocenters. The molecule has 1 unspecified atom stereocenters. The lowest BCUT2D eigenvalue weighted by molar-refractivity contribution is 0.0779. The van der Waals surface area contributed by atoms with Crippen LogP contribution in [-0.2, 0) is 17.7 Å². The molecule has 1 aromatic heterocycles. The van der Waals surface area contributed by atoms with Crippen LogP contribution in [0.5, 0.6) is 5.75 Å². The molecule has 1 N–H and O–H groups in total. The number of hydrogen-bond donors (Lipinski definition) is 1. The second-order valence-corrected chi connectivity index (χ2v) is 7.52. The van der Waals surface area contributed by atoms with Crippen LogP contribution in [0.25, 0.3) is 11.0 Å². The van der Waals surface area contributed by atoms with Crippen LogP contribution in [-0.4, -0.2) is 40.6 Å². The van der Waals surface area contributed by atoms with Crippen LogP contribution in [0.1, 0.15) is 30.1 Å². The zero-order valence-corrected chi connectivity index (χ0v) is 17.9. The number of allylic oxidation sites excluding steroid dienone is 1. The lowest BCUT2D eigenvalue weighted by Gasteiger charge is -2.24. The molecule has 2 heterocycles. The highest BCUT2D eigenvalue weighted by molar-refractivity contribution is 5.85. The normalized spacial score (nSPS) is 15.5. The molecule has 0 radical (unpaired) electrons. The minimum atomic E-state index is -0.636. The molecule has 0 amide bonds. The number of halogens is 1. The molecule has 4 rings (SSSR count). The van der Waals surface area contributed by atoms with Crippen molar-refractivity contribution in [2.24, 2.45) is 0 Å². The number of ether oxygens (including phenoxy) is 2. The highest BCUT2D eigenvalue weighted by atomic mass is 35.5. The first kappa shape index (κ1) is 22.3. The van der Waals surface area contributed by atoms with Gasteiger partial charge in [-0.05, 0) is 43.0 Å². The summed E-state index contributed by atoms with van der Waals surface area (Å²) in [6, 6.07) is 16.0. The Morgan fingerprint density at radius 3 is 2.70 bits per heavy atom. The van der Waals surface area contributed by atoms with E-state index in [1.54, 1.807) is 0 Å².